The Morgan fingerprint density at radius 2 is 1.95 bits per heavy atom. The van der Waals surface area contributed by atoms with Crippen LogP contribution in [0.2, 0.25) is 0 Å². The second-order valence-electron chi connectivity index (χ2n) is 4.55. The maximum absolute atomic E-state index is 13.0. The molecule has 106 valence electrons. The Kier molecular flexibility index (Phi) is 4.03. The van der Waals surface area contributed by atoms with E-state index >= 15 is 0 Å². The molecular weight excluding hydrogens is 285 g/mol. The molecule has 0 atom stereocenters. The van der Waals surface area contributed by atoms with Crippen molar-refractivity contribution in [1.29, 1.82) is 0 Å². The van der Waals surface area contributed by atoms with E-state index in [0.29, 0.717) is 12.2 Å². The van der Waals surface area contributed by atoms with Crippen LogP contribution in [0.15, 0.2) is 48.7 Å². The number of aromatic nitrogens is 2. The lowest BCUT2D eigenvalue weighted by molar-refractivity contribution is 0.622. The first-order valence-corrected chi connectivity index (χ1v) is 7.41. The van der Waals surface area contributed by atoms with Crippen molar-refractivity contribution in [2.45, 2.75) is 6.54 Å². The largest absolute Gasteiger partial charge is 0.314 e. The number of nitrogens with zero attached hydrogens (tertiary/aromatic N) is 2. The minimum atomic E-state index is -0.339. The number of halogens is 1. The van der Waals surface area contributed by atoms with Crippen molar-refractivity contribution in [3.8, 4) is 21.1 Å². The van der Waals surface area contributed by atoms with Crippen LogP contribution in [-0.4, -0.2) is 17.0 Å². The third-order valence-corrected chi connectivity index (χ3v) is 4.19. The Morgan fingerprint density at radius 1 is 1.14 bits per heavy atom. The molecule has 1 aromatic carbocycles. The van der Waals surface area contributed by atoms with Gasteiger partial charge in [0.1, 0.15) is 10.8 Å². The van der Waals surface area contributed by atoms with Crippen LogP contribution in [0, 0.1) is 5.82 Å². The number of benzene rings is 1. The summed E-state index contributed by atoms with van der Waals surface area (Å²) in [7, 11) is 1.89. The summed E-state index contributed by atoms with van der Waals surface area (Å²) in [5.74, 6) is -0.339. The molecule has 0 amide bonds. The van der Waals surface area contributed by atoms with Crippen LogP contribution < -0.4 is 5.32 Å². The van der Waals surface area contributed by atoms with Gasteiger partial charge >= 0.3 is 0 Å². The molecule has 1 N–H and O–H groups in total. The number of rotatable bonds is 4. The van der Waals surface area contributed by atoms with E-state index in [2.05, 4.69) is 27.4 Å². The van der Waals surface area contributed by atoms with Gasteiger partial charge in [0.15, 0.2) is 0 Å². The lowest BCUT2D eigenvalue weighted by Gasteiger charge is -2.00. The van der Waals surface area contributed by atoms with Gasteiger partial charge in [0, 0.05) is 6.54 Å². The summed E-state index contributed by atoms with van der Waals surface area (Å²) in [6.45, 7) is 0.682. The van der Waals surface area contributed by atoms with Crippen molar-refractivity contribution in [2.24, 2.45) is 0 Å². The molecule has 21 heavy (non-hydrogen) atoms. The van der Waals surface area contributed by atoms with E-state index in [-0.39, 0.29) is 5.82 Å². The predicted octanol–water partition coefficient (Wildman–Crippen LogP) is 3.73. The Balaban J connectivity index is 2.06. The normalized spacial score (nSPS) is 10.8. The van der Waals surface area contributed by atoms with Gasteiger partial charge in [-0.3, -0.25) is 4.98 Å². The lowest BCUT2D eigenvalue weighted by Crippen LogP contribution is -2.06. The van der Waals surface area contributed by atoms with E-state index in [1.54, 1.807) is 17.4 Å². The maximum atomic E-state index is 13.0. The highest BCUT2D eigenvalue weighted by molar-refractivity contribution is 7.18. The molecule has 0 aliphatic rings. The fraction of sp³-hybridized carbons (Fsp3) is 0.125. The predicted molar refractivity (Wildman–Crippen MR) is 83.5 cm³/mol. The topological polar surface area (TPSA) is 37.8 Å². The Hall–Kier alpha value is -2.11. The van der Waals surface area contributed by atoms with Crippen LogP contribution in [0.4, 0.5) is 4.39 Å². The van der Waals surface area contributed by atoms with Gasteiger partial charge in [0.05, 0.1) is 22.5 Å². The number of thiazole rings is 1. The summed E-state index contributed by atoms with van der Waals surface area (Å²) >= 11 is 1.58. The first kappa shape index (κ1) is 13.9. The molecule has 0 saturated carbocycles. The maximum Gasteiger partial charge on any atom is 0.142 e. The first-order valence-electron chi connectivity index (χ1n) is 6.59. The third-order valence-electron chi connectivity index (χ3n) is 3.02. The molecule has 0 fully saturated rings. The smallest absolute Gasteiger partial charge is 0.142 e. The third kappa shape index (κ3) is 2.99. The summed E-state index contributed by atoms with van der Waals surface area (Å²) in [6, 6.07) is 13.2. The average molecular weight is 299 g/mol. The molecule has 3 aromatic rings. The standard InChI is InChI=1S/C16H14FN3S/c1-18-10-14-15(11-5-3-2-4-6-11)21-16(20-14)13-8-7-12(17)9-19-13/h2-9,18H,10H2,1H3. The lowest BCUT2D eigenvalue weighted by atomic mass is 10.1. The fourth-order valence-corrected chi connectivity index (χ4v) is 3.13. The highest BCUT2D eigenvalue weighted by Crippen LogP contribution is 2.34. The minimum absolute atomic E-state index is 0.339. The van der Waals surface area contributed by atoms with Crippen molar-refractivity contribution in [3.63, 3.8) is 0 Å². The summed E-state index contributed by atoms with van der Waals surface area (Å²) in [4.78, 5) is 9.87. The van der Waals surface area contributed by atoms with Gasteiger partial charge in [0.2, 0.25) is 0 Å². The number of pyridine rings is 1. The molecule has 0 aliphatic heterocycles. The minimum Gasteiger partial charge on any atom is -0.314 e. The van der Waals surface area contributed by atoms with Gasteiger partial charge in [-0.1, -0.05) is 30.3 Å². The van der Waals surface area contributed by atoms with Crippen molar-refractivity contribution in [2.75, 3.05) is 7.05 Å². The van der Waals surface area contributed by atoms with E-state index in [4.69, 9.17) is 0 Å². The number of hydrogen-bond donors (Lipinski definition) is 1. The molecule has 3 nitrogen and oxygen atoms in total. The van der Waals surface area contributed by atoms with Crippen LogP contribution in [0.25, 0.3) is 21.1 Å². The highest BCUT2D eigenvalue weighted by Gasteiger charge is 2.14. The van der Waals surface area contributed by atoms with Crippen LogP contribution in [0.3, 0.4) is 0 Å². The molecule has 0 spiro atoms. The monoisotopic (exact) mass is 299 g/mol. The van der Waals surface area contributed by atoms with Crippen molar-refractivity contribution < 1.29 is 4.39 Å². The van der Waals surface area contributed by atoms with Gasteiger partial charge in [-0.15, -0.1) is 11.3 Å². The van der Waals surface area contributed by atoms with Crippen LogP contribution in [0.1, 0.15) is 5.69 Å². The van der Waals surface area contributed by atoms with Crippen molar-refractivity contribution in [3.05, 3.63) is 60.2 Å². The molecule has 0 radical (unpaired) electrons. The van der Waals surface area contributed by atoms with E-state index in [0.717, 1.165) is 21.1 Å². The Morgan fingerprint density at radius 3 is 2.62 bits per heavy atom. The van der Waals surface area contributed by atoms with Crippen LogP contribution in [-0.2, 0) is 6.54 Å². The quantitative estimate of drug-likeness (QED) is 0.797. The molecular formula is C16H14FN3S. The second kappa shape index (κ2) is 6.11. The van der Waals surface area contributed by atoms with E-state index in [1.807, 2.05) is 25.2 Å². The van der Waals surface area contributed by atoms with E-state index < -0.39 is 0 Å². The Labute approximate surface area is 126 Å². The number of hydrogen-bond acceptors (Lipinski definition) is 4. The van der Waals surface area contributed by atoms with Gasteiger partial charge in [-0.2, -0.15) is 0 Å². The number of nitrogens with one attached hydrogen (secondary N) is 1. The van der Waals surface area contributed by atoms with Gasteiger partial charge in [0.25, 0.3) is 0 Å². The highest BCUT2D eigenvalue weighted by atomic mass is 32.1. The molecule has 0 unspecified atom stereocenters. The van der Waals surface area contributed by atoms with Gasteiger partial charge < -0.3 is 5.32 Å². The molecule has 3 rings (SSSR count). The van der Waals surface area contributed by atoms with E-state index in [9.17, 15) is 4.39 Å². The molecule has 2 aromatic heterocycles. The first-order chi connectivity index (χ1) is 10.3. The van der Waals surface area contributed by atoms with E-state index in [1.165, 1.54) is 12.3 Å². The van der Waals surface area contributed by atoms with Crippen LogP contribution in [0.5, 0.6) is 0 Å². The van der Waals surface area contributed by atoms with Gasteiger partial charge in [-0.25, -0.2) is 9.37 Å². The molecule has 2 heterocycles. The summed E-state index contributed by atoms with van der Waals surface area (Å²) in [5.41, 5.74) is 2.81. The van der Waals surface area contributed by atoms with Gasteiger partial charge in [-0.05, 0) is 24.7 Å². The Bertz CT molecular complexity index is 723. The second-order valence-corrected chi connectivity index (χ2v) is 5.55. The SMILES string of the molecule is CNCc1nc(-c2ccc(F)cn2)sc1-c1ccccc1. The molecule has 0 aliphatic carbocycles. The van der Waals surface area contributed by atoms with Crippen LogP contribution >= 0.6 is 11.3 Å². The average Bonchev–Trinajstić information content (AvgIpc) is 2.93. The molecule has 0 bridgehead atoms. The zero-order chi connectivity index (χ0) is 14.7. The van der Waals surface area contributed by atoms with Crippen molar-refractivity contribution >= 4 is 11.3 Å². The summed E-state index contributed by atoms with van der Waals surface area (Å²) < 4.78 is 13.0. The summed E-state index contributed by atoms with van der Waals surface area (Å²) in [5, 5.41) is 3.94. The zero-order valence-electron chi connectivity index (χ0n) is 11.5. The van der Waals surface area contributed by atoms with Crippen molar-refractivity contribution in [1.82, 2.24) is 15.3 Å². The fourth-order valence-electron chi connectivity index (χ4n) is 2.07. The molecule has 5 heteroatoms. The summed E-state index contributed by atoms with van der Waals surface area (Å²) in [6.07, 6.45) is 1.22. The molecule has 0 saturated heterocycles. The zero-order valence-corrected chi connectivity index (χ0v) is 12.3.